The molecule has 2 N–H and O–H groups in total. The molecular weight excluding hydrogens is 240 g/mol. The van der Waals surface area contributed by atoms with E-state index in [0.717, 1.165) is 30.9 Å². The summed E-state index contributed by atoms with van der Waals surface area (Å²) in [5, 5.41) is 11.9. The van der Waals surface area contributed by atoms with Crippen LogP contribution in [-0.4, -0.2) is 52.1 Å². The summed E-state index contributed by atoms with van der Waals surface area (Å²) in [6.07, 6.45) is 2.97. The molecule has 2 rings (SSSR count). The molecule has 1 aliphatic carbocycles. The number of thioether (sulfide) groups is 1. The normalized spacial score (nSPS) is 23.4. The van der Waals surface area contributed by atoms with Crippen LogP contribution in [0.3, 0.4) is 0 Å². The van der Waals surface area contributed by atoms with Crippen molar-refractivity contribution in [3.8, 4) is 0 Å². The van der Waals surface area contributed by atoms with Gasteiger partial charge in [-0.15, -0.1) is 0 Å². The third-order valence-corrected chi connectivity index (χ3v) is 4.52. The maximum absolute atomic E-state index is 12.0. The van der Waals surface area contributed by atoms with Crippen LogP contribution in [0.2, 0.25) is 0 Å². The number of nitrogens with zero attached hydrogens (tertiary/aromatic N) is 1. The lowest BCUT2D eigenvalue weighted by Gasteiger charge is -2.39. The molecule has 0 aromatic heterocycles. The van der Waals surface area contributed by atoms with Crippen LogP contribution >= 0.6 is 11.8 Å². The highest BCUT2D eigenvalue weighted by atomic mass is 32.2. The molecule has 1 aliphatic heterocycles. The maximum Gasteiger partial charge on any atom is 0.329 e. The highest BCUT2D eigenvalue weighted by Gasteiger charge is 2.46. The number of hydrogen-bond donors (Lipinski definition) is 2. The van der Waals surface area contributed by atoms with Crippen molar-refractivity contribution in [2.24, 2.45) is 0 Å². The molecule has 1 saturated carbocycles. The van der Waals surface area contributed by atoms with E-state index in [2.05, 4.69) is 5.32 Å². The topological polar surface area (TPSA) is 69.6 Å². The van der Waals surface area contributed by atoms with E-state index in [0.29, 0.717) is 19.4 Å². The molecule has 96 valence electrons. The lowest BCUT2D eigenvalue weighted by Crippen LogP contribution is -2.61. The summed E-state index contributed by atoms with van der Waals surface area (Å²) in [4.78, 5) is 24.9. The minimum Gasteiger partial charge on any atom is -0.480 e. The fourth-order valence-corrected chi connectivity index (χ4v) is 3.04. The Hall–Kier alpha value is -0.910. The van der Waals surface area contributed by atoms with Gasteiger partial charge in [-0.2, -0.15) is 11.8 Å². The van der Waals surface area contributed by atoms with E-state index in [-0.39, 0.29) is 6.03 Å². The molecule has 0 unspecified atom stereocenters. The zero-order valence-corrected chi connectivity index (χ0v) is 10.6. The molecular formula is C11H18N2O3S. The van der Waals surface area contributed by atoms with E-state index in [1.165, 1.54) is 0 Å². The first-order valence-electron chi connectivity index (χ1n) is 6.02. The molecule has 0 spiro atoms. The Kier molecular flexibility index (Phi) is 3.81. The number of amides is 2. The Labute approximate surface area is 105 Å². The van der Waals surface area contributed by atoms with Gasteiger partial charge in [-0.3, -0.25) is 0 Å². The minimum absolute atomic E-state index is 0.213. The summed E-state index contributed by atoms with van der Waals surface area (Å²) >= 11 is 1.84. The summed E-state index contributed by atoms with van der Waals surface area (Å²) in [6.45, 7) is 1.45. The molecule has 1 saturated heterocycles. The third kappa shape index (κ3) is 2.68. The Balaban J connectivity index is 1.93. The van der Waals surface area contributed by atoms with Gasteiger partial charge in [0.15, 0.2) is 0 Å². The van der Waals surface area contributed by atoms with Gasteiger partial charge in [0.05, 0.1) is 0 Å². The van der Waals surface area contributed by atoms with Crippen LogP contribution in [0, 0.1) is 0 Å². The lowest BCUT2D eigenvalue weighted by molar-refractivity contribution is -0.148. The van der Waals surface area contributed by atoms with Gasteiger partial charge in [0.1, 0.15) is 5.54 Å². The predicted molar refractivity (Wildman–Crippen MR) is 66.3 cm³/mol. The fraction of sp³-hybridized carbons (Fsp3) is 0.818. The quantitative estimate of drug-likeness (QED) is 0.779. The van der Waals surface area contributed by atoms with Crippen molar-refractivity contribution < 1.29 is 14.7 Å². The van der Waals surface area contributed by atoms with Crippen LogP contribution in [0.25, 0.3) is 0 Å². The van der Waals surface area contributed by atoms with Crippen LogP contribution < -0.4 is 5.32 Å². The van der Waals surface area contributed by atoms with Gasteiger partial charge < -0.3 is 15.3 Å². The van der Waals surface area contributed by atoms with E-state index < -0.39 is 11.5 Å². The number of aliphatic carboxylic acids is 1. The van der Waals surface area contributed by atoms with Crippen molar-refractivity contribution in [1.82, 2.24) is 10.2 Å². The van der Waals surface area contributed by atoms with Crippen LogP contribution in [0.4, 0.5) is 4.79 Å². The average molecular weight is 258 g/mol. The van der Waals surface area contributed by atoms with Crippen LogP contribution in [0.1, 0.15) is 25.7 Å². The number of carboxylic acids is 1. The number of carboxylic acid groups (broad SMARTS) is 1. The number of nitrogens with one attached hydrogen (secondary N) is 1. The van der Waals surface area contributed by atoms with Gasteiger partial charge in [0.25, 0.3) is 0 Å². The smallest absolute Gasteiger partial charge is 0.329 e. The Bertz CT molecular complexity index is 310. The summed E-state index contributed by atoms with van der Waals surface area (Å²) in [7, 11) is 0. The van der Waals surface area contributed by atoms with Gasteiger partial charge in [0, 0.05) is 18.8 Å². The zero-order chi connectivity index (χ0) is 12.3. The Morgan fingerprint density at radius 3 is 2.53 bits per heavy atom. The number of urea groups is 1. The first-order chi connectivity index (χ1) is 8.14. The summed E-state index contributed by atoms with van der Waals surface area (Å²) < 4.78 is 0. The van der Waals surface area contributed by atoms with Crippen molar-refractivity contribution >= 4 is 23.8 Å². The second-order valence-corrected chi connectivity index (χ2v) is 5.85. The summed E-state index contributed by atoms with van der Waals surface area (Å²) in [6, 6.07) is -0.213. The molecule has 0 radical (unpaired) electrons. The number of carbonyl (C=O) groups excluding carboxylic acids is 1. The highest BCUT2D eigenvalue weighted by Crippen LogP contribution is 2.32. The molecule has 0 bridgehead atoms. The molecule has 0 aromatic carbocycles. The molecule has 1 heterocycles. The SMILES string of the molecule is O=C(NC1(C(=O)O)CCC1)N1CCCSCC1. The van der Waals surface area contributed by atoms with Crippen molar-refractivity contribution in [3.63, 3.8) is 0 Å². The van der Waals surface area contributed by atoms with Crippen LogP contribution in [0.5, 0.6) is 0 Å². The first kappa shape index (κ1) is 12.5. The lowest BCUT2D eigenvalue weighted by atomic mass is 9.77. The molecule has 6 heteroatoms. The van der Waals surface area contributed by atoms with E-state index in [4.69, 9.17) is 5.11 Å². The van der Waals surface area contributed by atoms with Crippen molar-refractivity contribution in [2.45, 2.75) is 31.2 Å². The molecule has 0 atom stereocenters. The predicted octanol–water partition coefficient (Wildman–Crippen LogP) is 1.14. The number of carbonyl (C=O) groups is 2. The second kappa shape index (κ2) is 5.16. The van der Waals surface area contributed by atoms with Gasteiger partial charge in [-0.05, 0) is 31.4 Å². The number of hydrogen-bond acceptors (Lipinski definition) is 3. The third-order valence-electron chi connectivity index (χ3n) is 3.47. The molecule has 2 fully saturated rings. The maximum atomic E-state index is 12.0. The van der Waals surface area contributed by atoms with Crippen molar-refractivity contribution in [2.75, 3.05) is 24.6 Å². The zero-order valence-electron chi connectivity index (χ0n) is 9.78. The van der Waals surface area contributed by atoms with E-state index >= 15 is 0 Å². The highest BCUT2D eigenvalue weighted by molar-refractivity contribution is 7.99. The van der Waals surface area contributed by atoms with Crippen LogP contribution in [-0.2, 0) is 4.79 Å². The second-order valence-electron chi connectivity index (χ2n) is 4.62. The van der Waals surface area contributed by atoms with Gasteiger partial charge in [-0.25, -0.2) is 9.59 Å². The van der Waals surface area contributed by atoms with E-state index in [9.17, 15) is 9.59 Å². The molecule has 0 aromatic rings. The Morgan fingerprint density at radius 2 is 1.94 bits per heavy atom. The standard InChI is InChI=1S/C11H18N2O3S/c14-9(15)11(3-1-4-11)12-10(16)13-5-2-7-17-8-6-13/h1-8H2,(H,12,16)(H,14,15). The van der Waals surface area contributed by atoms with Crippen molar-refractivity contribution in [3.05, 3.63) is 0 Å². The minimum atomic E-state index is -0.990. The average Bonchev–Trinajstić information content (AvgIpc) is 2.50. The van der Waals surface area contributed by atoms with Crippen LogP contribution in [0.15, 0.2) is 0 Å². The molecule has 5 nitrogen and oxygen atoms in total. The molecule has 2 aliphatic rings. The van der Waals surface area contributed by atoms with E-state index in [1.54, 1.807) is 4.90 Å². The molecule has 2 amide bonds. The van der Waals surface area contributed by atoms with Gasteiger partial charge in [-0.1, -0.05) is 0 Å². The first-order valence-corrected chi connectivity index (χ1v) is 7.18. The van der Waals surface area contributed by atoms with Gasteiger partial charge in [0.2, 0.25) is 0 Å². The van der Waals surface area contributed by atoms with Gasteiger partial charge >= 0.3 is 12.0 Å². The molecule has 17 heavy (non-hydrogen) atoms. The van der Waals surface area contributed by atoms with E-state index in [1.807, 2.05) is 11.8 Å². The largest absolute Gasteiger partial charge is 0.480 e. The monoisotopic (exact) mass is 258 g/mol. The number of rotatable bonds is 2. The Morgan fingerprint density at radius 1 is 1.18 bits per heavy atom. The summed E-state index contributed by atoms with van der Waals surface area (Å²) in [5.74, 6) is 1.11. The van der Waals surface area contributed by atoms with Crippen molar-refractivity contribution in [1.29, 1.82) is 0 Å². The fourth-order valence-electron chi connectivity index (χ4n) is 2.16. The summed E-state index contributed by atoms with van der Waals surface area (Å²) in [5.41, 5.74) is -0.990.